The summed E-state index contributed by atoms with van der Waals surface area (Å²) in [7, 11) is -1.29. The molecule has 2 aromatic rings. The zero-order chi connectivity index (χ0) is 11.0. The summed E-state index contributed by atoms with van der Waals surface area (Å²) in [5, 5.41) is 0. The maximum atomic E-state index is 11.9. The van der Waals surface area contributed by atoms with Crippen molar-refractivity contribution in [3.63, 3.8) is 0 Å². The van der Waals surface area contributed by atoms with Gasteiger partial charge in [-0.1, -0.05) is 42.5 Å². The molecule has 1 unspecified atom stereocenters. The smallest absolute Gasteiger partial charge is 0.173 e. The highest BCUT2D eigenvalue weighted by atomic mass is 32.2. The molecule has 3 rings (SSSR count). The van der Waals surface area contributed by atoms with Gasteiger partial charge in [-0.3, -0.25) is 0 Å². The van der Waals surface area contributed by atoms with Crippen molar-refractivity contribution in [2.75, 3.05) is 0 Å². The fourth-order valence-corrected chi connectivity index (χ4v) is 2.74. The van der Waals surface area contributed by atoms with E-state index in [0.29, 0.717) is 0 Å². The van der Waals surface area contributed by atoms with Crippen molar-refractivity contribution in [2.45, 2.75) is 4.90 Å². The Hall–Kier alpha value is -1.74. The van der Waals surface area contributed by atoms with E-state index in [0.717, 1.165) is 21.6 Å². The van der Waals surface area contributed by atoms with E-state index >= 15 is 0 Å². The molecule has 78 valence electrons. The Labute approximate surface area is 96.3 Å². The van der Waals surface area contributed by atoms with Crippen LogP contribution in [-0.4, -0.2) is 10.4 Å². The third-order valence-corrected chi connectivity index (χ3v) is 3.64. The molecule has 0 bridgehead atoms. The summed E-state index contributed by atoms with van der Waals surface area (Å²) >= 11 is 0. The minimum atomic E-state index is -1.29. The van der Waals surface area contributed by atoms with Gasteiger partial charge in [0.1, 0.15) is 0 Å². The first-order valence-electron chi connectivity index (χ1n) is 5.00. The molecule has 16 heavy (non-hydrogen) atoms. The quantitative estimate of drug-likeness (QED) is 0.680. The number of nitrogens with zero attached hydrogens (tertiary/aromatic N) is 1. The Kier molecular flexibility index (Phi) is 2.18. The van der Waals surface area contributed by atoms with Crippen molar-refractivity contribution >= 4 is 17.2 Å². The molecule has 3 heteroatoms. The van der Waals surface area contributed by atoms with Gasteiger partial charge in [-0.15, -0.1) is 0 Å². The van der Waals surface area contributed by atoms with Crippen molar-refractivity contribution in [3.8, 4) is 11.1 Å². The van der Waals surface area contributed by atoms with Crippen LogP contribution in [0, 0.1) is 0 Å². The third kappa shape index (κ3) is 1.41. The normalized spacial score (nSPS) is 17.4. The average Bonchev–Trinajstić information content (AvgIpc) is 2.49. The van der Waals surface area contributed by atoms with E-state index in [4.69, 9.17) is 0 Å². The molecule has 1 atom stereocenters. The van der Waals surface area contributed by atoms with E-state index in [1.165, 1.54) is 0 Å². The number of benzene rings is 2. The molecule has 1 heterocycles. The van der Waals surface area contributed by atoms with Gasteiger partial charge in [-0.2, -0.15) is 4.40 Å². The molecule has 0 aromatic heterocycles. The van der Waals surface area contributed by atoms with Gasteiger partial charge >= 0.3 is 0 Å². The molecular formula is C13H9NOS. The van der Waals surface area contributed by atoms with Gasteiger partial charge in [0, 0.05) is 17.3 Å². The number of hydrogen-bond acceptors (Lipinski definition) is 1. The van der Waals surface area contributed by atoms with E-state index < -0.39 is 11.0 Å². The molecule has 2 nitrogen and oxygen atoms in total. The second-order valence-electron chi connectivity index (χ2n) is 3.57. The summed E-state index contributed by atoms with van der Waals surface area (Å²) in [5.41, 5.74) is 3.11. The highest BCUT2D eigenvalue weighted by Crippen LogP contribution is 2.30. The maximum absolute atomic E-state index is 11.9. The topological polar surface area (TPSA) is 29.4 Å². The van der Waals surface area contributed by atoms with Crippen LogP contribution in [0.2, 0.25) is 0 Å². The molecule has 0 fully saturated rings. The highest BCUT2D eigenvalue weighted by molar-refractivity contribution is 7.84. The van der Waals surface area contributed by atoms with E-state index in [1.54, 1.807) is 6.21 Å². The monoisotopic (exact) mass is 227 g/mol. The fourth-order valence-electron chi connectivity index (χ4n) is 1.86. The van der Waals surface area contributed by atoms with Crippen molar-refractivity contribution in [3.05, 3.63) is 54.1 Å². The zero-order valence-corrected chi connectivity index (χ0v) is 9.28. The van der Waals surface area contributed by atoms with Crippen LogP contribution in [0.25, 0.3) is 11.1 Å². The lowest BCUT2D eigenvalue weighted by molar-refractivity contribution is 0.685. The van der Waals surface area contributed by atoms with Crippen LogP contribution in [0.3, 0.4) is 0 Å². The minimum absolute atomic E-state index is 0.781. The first-order valence-corrected chi connectivity index (χ1v) is 6.11. The first-order chi connectivity index (χ1) is 7.86. The van der Waals surface area contributed by atoms with E-state index in [-0.39, 0.29) is 0 Å². The highest BCUT2D eigenvalue weighted by Gasteiger charge is 2.15. The summed E-state index contributed by atoms with van der Waals surface area (Å²) in [6.07, 6.45) is 1.69. The van der Waals surface area contributed by atoms with Gasteiger partial charge in [0.05, 0.1) is 4.90 Å². The van der Waals surface area contributed by atoms with Crippen LogP contribution >= 0.6 is 0 Å². The number of rotatable bonds is 0. The summed E-state index contributed by atoms with van der Waals surface area (Å²) in [4.78, 5) is 0.781. The molecule has 0 radical (unpaired) electrons. The molecule has 0 amide bonds. The summed E-state index contributed by atoms with van der Waals surface area (Å²) in [6, 6.07) is 15.7. The lowest BCUT2D eigenvalue weighted by Gasteiger charge is -2.06. The Morgan fingerprint density at radius 1 is 0.875 bits per heavy atom. The number of hydrogen-bond donors (Lipinski definition) is 0. The van der Waals surface area contributed by atoms with Gasteiger partial charge in [-0.05, 0) is 11.6 Å². The summed E-state index contributed by atoms with van der Waals surface area (Å²) < 4.78 is 15.9. The van der Waals surface area contributed by atoms with E-state index in [1.807, 2.05) is 48.5 Å². The van der Waals surface area contributed by atoms with Gasteiger partial charge in [0.2, 0.25) is 0 Å². The molecule has 0 spiro atoms. The van der Waals surface area contributed by atoms with Crippen LogP contribution in [-0.2, 0) is 11.0 Å². The van der Waals surface area contributed by atoms with Gasteiger partial charge in [-0.25, -0.2) is 4.21 Å². The van der Waals surface area contributed by atoms with Crippen LogP contribution in [0.5, 0.6) is 0 Å². The summed E-state index contributed by atoms with van der Waals surface area (Å²) in [5.74, 6) is 0. The predicted octanol–water partition coefficient (Wildman–Crippen LogP) is 2.81. The first kappa shape index (κ1) is 9.48. The Morgan fingerprint density at radius 3 is 2.44 bits per heavy atom. The van der Waals surface area contributed by atoms with Crippen LogP contribution in [0.15, 0.2) is 57.8 Å². The molecule has 0 saturated heterocycles. The maximum Gasteiger partial charge on any atom is 0.173 e. The van der Waals surface area contributed by atoms with Gasteiger partial charge in [0.15, 0.2) is 11.0 Å². The van der Waals surface area contributed by atoms with E-state index in [2.05, 4.69) is 4.40 Å². The molecule has 2 aromatic carbocycles. The molecule has 0 N–H and O–H groups in total. The second-order valence-corrected chi connectivity index (χ2v) is 4.72. The largest absolute Gasteiger partial charge is 0.229 e. The summed E-state index contributed by atoms with van der Waals surface area (Å²) in [6.45, 7) is 0. The zero-order valence-electron chi connectivity index (χ0n) is 8.46. The minimum Gasteiger partial charge on any atom is -0.229 e. The van der Waals surface area contributed by atoms with Gasteiger partial charge < -0.3 is 0 Å². The lowest BCUT2D eigenvalue weighted by Crippen LogP contribution is -1.89. The van der Waals surface area contributed by atoms with Crippen molar-refractivity contribution in [1.82, 2.24) is 0 Å². The predicted molar refractivity (Wildman–Crippen MR) is 65.9 cm³/mol. The van der Waals surface area contributed by atoms with Crippen LogP contribution < -0.4 is 0 Å². The molecule has 1 aliphatic heterocycles. The molecule has 0 saturated carbocycles. The van der Waals surface area contributed by atoms with Crippen LogP contribution in [0.4, 0.5) is 0 Å². The van der Waals surface area contributed by atoms with Crippen molar-refractivity contribution in [1.29, 1.82) is 0 Å². The fraction of sp³-hybridized carbons (Fsp3) is 0. The average molecular weight is 227 g/mol. The lowest BCUT2D eigenvalue weighted by atomic mass is 10.0. The van der Waals surface area contributed by atoms with Gasteiger partial charge in [0.25, 0.3) is 0 Å². The van der Waals surface area contributed by atoms with Crippen molar-refractivity contribution in [2.24, 2.45) is 4.40 Å². The molecular weight excluding hydrogens is 218 g/mol. The Morgan fingerprint density at radius 2 is 1.56 bits per heavy atom. The van der Waals surface area contributed by atoms with Crippen molar-refractivity contribution < 1.29 is 4.21 Å². The molecule has 0 aliphatic carbocycles. The van der Waals surface area contributed by atoms with E-state index in [9.17, 15) is 4.21 Å². The SMILES string of the molecule is O=S1N=Cc2ccccc2-c2ccccc21. The molecule has 1 aliphatic rings. The standard InChI is InChI=1S/C13H9NOS/c15-16-13-8-4-3-7-12(13)11-6-2-1-5-10(11)9-14-16/h1-9H. The third-order valence-electron chi connectivity index (χ3n) is 2.61. The van der Waals surface area contributed by atoms with Crippen LogP contribution in [0.1, 0.15) is 5.56 Å². The number of fused-ring (bicyclic) bond motifs is 3. The second kappa shape index (κ2) is 3.68. The Bertz CT molecular complexity index is 604. The Balaban J connectivity index is 2.39.